The first-order valence-electron chi connectivity index (χ1n) is 8.93. The summed E-state index contributed by atoms with van der Waals surface area (Å²) in [4.78, 5) is 16.5. The molecule has 1 heterocycles. The Morgan fingerprint density at radius 1 is 1.21 bits per heavy atom. The van der Waals surface area contributed by atoms with Gasteiger partial charge in [0.05, 0.1) is 17.0 Å². The number of imidazole rings is 1. The zero-order valence-electron chi connectivity index (χ0n) is 15.4. The van der Waals surface area contributed by atoms with E-state index in [1.54, 1.807) is 18.0 Å². The van der Waals surface area contributed by atoms with Crippen LogP contribution in [0.25, 0.3) is 0 Å². The molecule has 28 heavy (non-hydrogen) atoms. The van der Waals surface area contributed by atoms with Gasteiger partial charge in [-0.1, -0.05) is 35.3 Å². The van der Waals surface area contributed by atoms with Crippen LogP contribution in [0.3, 0.4) is 0 Å². The van der Waals surface area contributed by atoms with Crippen LogP contribution in [-0.2, 0) is 17.8 Å². The number of carbonyl (C=O) groups is 1. The van der Waals surface area contributed by atoms with Crippen LogP contribution in [0, 0.1) is 0 Å². The van der Waals surface area contributed by atoms with Crippen LogP contribution in [-0.4, -0.2) is 20.7 Å². The van der Waals surface area contributed by atoms with E-state index >= 15 is 0 Å². The second kappa shape index (κ2) is 10.0. The van der Waals surface area contributed by atoms with Crippen LogP contribution < -0.4 is 5.32 Å². The summed E-state index contributed by atoms with van der Waals surface area (Å²) in [5.74, 6) is -0.136. The predicted octanol–water partition coefficient (Wildman–Crippen LogP) is 5.94. The first kappa shape index (κ1) is 20.8. The monoisotopic (exact) mass is 433 g/mol. The van der Waals surface area contributed by atoms with Crippen LogP contribution in [0.2, 0.25) is 10.0 Å². The van der Waals surface area contributed by atoms with Crippen LogP contribution >= 0.6 is 35.0 Å². The molecule has 0 spiro atoms. The van der Waals surface area contributed by atoms with Crippen molar-refractivity contribution in [3.05, 3.63) is 76.8 Å². The normalized spacial score (nSPS) is 12.0. The molecule has 2 aromatic carbocycles. The predicted molar refractivity (Wildman–Crippen MR) is 117 cm³/mol. The third-order valence-electron chi connectivity index (χ3n) is 4.20. The van der Waals surface area contributed by atoms with Gasteiger partial charge in [-0.05, 0) is 48.7 Å². The molecule has 0 fully saturated rings. The van der Waals surface area contributed by atoms with Gasteiger partial charge in [0.1, 0.15) is 0 Å². The lowest BCUT2D eigenvalue weighted by molar-refractivity contribution is -0.114. The summed E-state index contributed by atoms with van der Waals surface area (Å²) >= 11 is 14.1. The quantitative estimate of drug-likeness (QED) is 0.446. The van der Waals surface area contributed by atoms with Crippen LogP contribution in [0.4, 0.5) is 5.69 Å². The van der Waals surface area contributed by atoms with Gasteiger partial charge >= 0.3 is 0 Å². The van der Waals surface area contributed by atoms with Crippen molar-refractivity contribution in [2.75, 3.05) is 5.32 Å². The molecule has 0 radical (unpaired) electrons. The SMILES string of the molecule is CC(=O)Nc1ccc(SC(CCc2ccc(Cl)cc2)Cn2ccnc2)cc1Cl. The number of hydrogen-bond acceptors (Lipinski definition) is 3. The first-order chi connectivity index (χ1) is 13.5. The summed E-state index contributed by atoms with van der Waals surface area (Å²) in [6.07, 6.45) is 7.56. The molecule has 3 aromatic rings. The molecule has 1 aromatic heterocycles. The van der Waals surface area contributed by atoms with E-state index in [-0.39, 0.29) is 5.91 Å². The smallest absolute Gasteiger partial charge is 0.221 e. The minimum atomic E-state index is -0.136. The van der Waals surface area contributed by atoms with Crippen LogP contribution in [0.1, 0.15) is 18.9 Å². The summed E-state index contributed by atoms with van der Waals surface area (Å²) in [7, 11) is 0. The summed E-state index contributed by atoms with van der Waals surface area (Å²) in [6.45, 7) is 2.32. The summed E-state index contributed by atoms with van der Waals surface area (Å²) in [6, 6.07) is 13.7. The Labute approximate surface area is 179 Å². The molecule has 0 aliphatic heterocycles. The van der Waals surface area contributed by atoms with E-state index in [1.165, 1.54) is 12.5 Å². The lowest BCUT2D eigenvalue weighted by Gasteiger charge is -2.18. The number of rotatable bonds is 8. The Balaban J connectivity index is 1.70. The number of anilines is 1. The van der Waals surface area contributed by atoms with Crippen molar-refractivity contribution in [2.24, 2.45) is 0 Å². The van der Waals surface area contributed by atoms with Gasteiger partial charge in [0.2, 0.25) is 5.91 Å². The van der Waals surface area contributed by atoms with E-state index in [0.717, 1.165) is 29.3 Å². The number of benzene rings is 2. The average molecular weight is 434 g/mol. The van der Waals surface area contributed by atoms with E-state index in [1.807, 2.05) is 42.9 Å². The highest BCUT2D eigenvalue weighted by Gasteiger charge is 2.14. The van der Waals surface area contributed by atoms with Crippen molar-refractivity contribution < 1.29 is 4.79 Å². The molecule has 0 bridgehead atoms. The fraction of sp³-hybridized carbons (Fsp3) is 0.238. The highest BCUT2D eigenvalue weighted by Crippen LogP contribution is 2.33. The fourth-order valence-electron chi connectivity index (χ4n) is 2.85. The molecule has 1 N–H and O–H groups in total. The van der Waals surface area contributed by atoms with Gasteiger partial charge in [0, 0.05) is 41.0 Å². The maximum absolute atomic E-state index is 11.3. The number of aryl methyl sites for hydroxylation is 1. The molecule has 4 nitrogen and oxygen atoms in total. The Kier molecular flexibility index (Phi) is 7.43. The summed E-state index contributed by atoms with van der Waals surface area (Å²) in [5, 5.41) is 4.37. The minimum absolute atomic E-state index is 0.136. The largest absolute Gasteiger partial charge is 0.336 e. The molecular weight excluding hydrogens is 413 g/mol. The number of halogens is 2. The number of nitrogens with zero attached hydrogens (tertiary/aromatic N) is 2. The Hall–Kier alpha value is -1.95. The van der Waals surface area contributed by atoms with E-state index in [2.05, 4.69) is 27.0 Å². The molecule has 0 aliphatic rings. The molecule has 146 valence electrons. The molecule has 1 unspecified atom stereocenters. The van der Waals surface area contributed by atoms with Crippen molar-refractivity contribution in [1.82, 2.24) is 9.55 Å². The summed E-state index contributed by atoms with van der Waals surface area (Å²) in [5.41, 5.74) is 1.89. The number of amides is 1. The fourth-order valence-corrected chi connectivity index (χ4v) is 4.47. The van der Waals surface area contributed by atoms with Gasteiger partial charge in [0.15, 0.2) is 0 Å². The summed E-state index contributed by atoms with van der Waals surface area (Å²) < 4.78 is 2.09. The third-order valence-corrected chi connectivity index (χ3v) is 6.00. The highest BCUT2D eigenvalue weighted by atomic mass is 35.5. The minimum Gasteiger partial charge on any atom is -0.336 e. The molecule has 1 atom stereocenters. The Morgan fingerprint density at radius 2 is 2.00 bits per heavy atom. The average Bonchev–Trinajstić information content (AvgIpc) is 3.16. The Bertz CT molecular complexity index is 914. The molecule has 0 saturated heterocycles. The molecule has 1 amide bonds. The van der Waals surface area contributed by atoms with Gasteiger partial charge in [0.25, 0.3) is 0 Å². The maximum Gasteiger partial charge on any atom is 0.221 e. The van der Waals surface area contributed by atoms with Gasteiger partial charge in [-0.25, -0.2) is 4.98 Å². The number of thioether (sulfide) groups is 1. The maximum atomic E-state index is 11.3. The number of aromatic nitrogens is 2. The van der Waals surface area contributed by atoms with Crippen molar-refractivity contribution in [1.29, 1.82) is 0 Å². The number of nitrogens with one attached hydrogen (secondary N) is 1. The first-order valence-corrected chi connectivity index (χ1v) is 10.6. The van der Waals surface area contributed by atoms with E-state index < -0.39 is 0 Å². The zero-order valence-corrected chi connectivity index (χ0v) is 17.8. The Morgan fingerprint density at radius 3 is 2.64 bits per heavy atom. The standard InChI is InChI=1S/C21H21Cl2N3OS/c1-15(27)25-21-9-8-18(12-20(21)23)28-19(13-26-11-10-24-14-26)7-4-16-2-5-17(22)6-3-16/h2-3,5-6,8-12,14,19H,4,7,13H2,1H3,(H,25,27). The topological polar surface area (TPSA) is 46.9 Å². The van der Waals surface area contributed by atoms with Crippen molar-refractivity contribution in [2.45, 2.75) is 36.5 Å². The van der Waals surface area contributed by atoms with Crippen molar-refractivity contribution in [3.63, 3.8) is 0 Å². The zero-order chi connectivity index (χ0) is 19.9. The number of carbonyl (C=O) groups excluding carboxylic acids is 1. The van der Waals surface area contributed by atoms with E-state index in [4.69, 9.17) is 23.2 Å². The van der Waals surface area contributed by atoms with Crippen molar-refractivity contribution >= 4 is 46.6 Å². The van der Waals surface area contributed by atoms with E-state index in [9.17, 15) is 4.79 Å². The molecule has 0 saturated carbocycles. The molecule has 0 aliphatic carbocycles. The second-order valence-corrected chi connectivity index (χ2v) is 8.70. The lowest BCUT2D eigenvalue weighted by Crippen LogP contribution is -2.13. The molecule has 7 heteroatoms. The number of hydrogen-bond donors (Lipinski definition) is 1. The van der Waals surface area contributed by atoms with E-state index in [0.29, 0.717) is 16.0 Å². The van der Waals surface area contributed by atoms with Crippen LogP contribution in [0.5, 0.6) is 0 Å². The van der Waals surface area contributed by atoms with Crippen molar-refractivity contribution in [3.8, 4) is 0 Å². The van der Waals surface area contributed by atoms with Gasteiger partial charge in [-0.3, -0.25) is 4.79 Å². The van der Waals surface area contributed by atoms with Gasteiger partial charge in [-0.15, -0.1) is 11.8 Å². The lowest BCUT2D eigenvalue weighted by atomic mass is 10.1. The van der Waals surface area contributed by atoms with Gasteiger partial charge in [-0.2, -0.15) is 0 Å². The molecule has 3 rings (SSSR count). The van der Waals surface area contributed by atoms with Crippen LogP contribution in [0.15, 0.2) is 66.1 Å². The highest BCUT2D eigenvalue weighted by molar-refractivity contribution is 8.00. The molecular formula is C21H21Cl2N3OS. The van der Waals surface area contributed by atoms with Gasteiger partial charge < -0.3 is 9.88 Å². The second-order valence-electron chi connectivity index (χ2n) is 6.49. The third kappa shape index (κ3) is 6.30.